The van der Waals surface area contributed by atoms with Crippen LogP contribution in [0.15, 0.2) is 82.6 Å². The average Bonchev–Trinajstić information content (AvgIpc) is 2.92. The monoisotopic (exact) mass is 692 g/mol. The molecule has 0 heterocycles. The maximum absolute atomic E-state index is 13.8. The molecule has 0 amide bonds. The molecule has 42 heavy (non-hydrogen) atoms. The molecule has 0 aliphatic carbocycles. The van der Waals surface area contributed by atoms with Gasteiger partial charge >= 0.3 is 0 Å². The van der Waals surface area contributed by atoms with Gasteiger partial charge in [-0.15, -0.1) is 0 Å². The van der Waals surface area contributed by atoms with Crippen LogP contribution in [0.2, 0.25) is 20.1 Å². The van der Waals surface area contributed by atoms with E-state index in [1.165, 1.54) is 36.4 Å². The zero-order valence-electron chi connectivity index (χ0n) is 21.2. The maximum Gasteiger partial charge on any atom is 0.247 e. The highest BCUT2D eigenvalue weighted by atomic mass is 35.5. The summed E-state index contributed by atoms with van der Waals surface area (Å²) in [5, 5.41) is 20.1. The van der Waals surface area contributed by atoms with Gasteiger partial charge in [-0.1, -0.05) is 82.8 Å². The van der Waals surface area contributed by atoms with Crippen molar-refractivity contribution >= 4 is 66.5 Å². The summed E-state index contributed by atoms with van der Waals surface area (Å²) in [7, 11) is -8.67. The minimum absolute atomic E-state index is 0.00894. The van der Waals surface area contributed by atoms with Crippen molar-refractivity contribution in [2.75, 3.05) is 0 Å². The Hall–Kier alpha value is -2.61. The van der Waals surface area contributed by atoms with E-state index in [1.54, 1.807) is 24.3 Å². The van der Waals surface area contributed by atoms with Crippen LogP contribution in [-0.4, -0.2) is 31.4 Å². The lowest BCUT2D eigenvalue weighted by atomic mass is 10.1. The van der Waals surface area contributed by atoms with E-state index in [-0.39, 0.29) is 39.7 Å². The molecular formula is C27H21Cl4FN2O6S2. The standard InChI is InChI=1S/C27H21Cl4FN2O6S2/c28-19-9-22(30)26(35)24(11-19)41(37,38)33-13-17-2-1-3-18(8-17)15-34(14-16-4-6-21(32)7-5-16)42(39,40)25-12-20(29)10-23(31)27(25)36/h1-12,33,35-36H,13-15H2. The molecule has 0 aliphatic heterocycles. The first-order chi connectivity index (χ1) is 19.7. The molecule has 0 unspecified atom stereocenters. The maximum atomic E-state index is 13.8. The van der Waals surface area contributed by atoms with Gasteiger partial charge in [0.15, 0.2) is 11.5 Å². The van der Waals surface area contributed by atoms with Gasteiger partial charge in [0.2, 0.25) is 20.0 Å². The van der Waals surface area contributed by atoms with E-state index in [2.05, 4.69) is 4.72 Å². The largest absolute Gasteiger partial charge is 0.505 e. The van der Waals surface area contributed by atoms with Crippen LogP contribution >= 0.6 is 46.4 Å². The van der Waals surface area contributed by atoms with Crippen molar-refractivity contribution in [3.8, 4) is 11.5 Å². The number of hydrogen-bond donors (Lipinski definition) is 3. The van der Waals surface area contributed by atoms with Crippen molar-refractivity contribution < 1.29 is 31.4 Å². The fourth-order valence-electron chi connectivity index (χ4n) is 3.94. The van der Waals surface area contributed by atoms with Gasteiger partial charge in [-0.25, -0.2) is 25.9 Å². The summed E-state index contributed by atoms with van der Waals surface area (Å²) in [4.78, 5) is -1.03. The molecule has 0 fully saturated rings. The molecule has 4 rings (SSSR count). The van der Waals surface area contributed by atoms with Crippen molar-refractivity contribution in [3.63, 3.8) is 0 Å². The molecule has 222 valence electrons. The molecule has 4 aromatic carbocycles. The van der Waals surface area contributed by atoms with Crippen molar-refractivity contribution in [3.05, 3.63) is 115 Å². The van der Waals surface area contributed by atoms with Crippen LogP contribution in [-0.2, 0) is 39.7 Å². The smallest absolute Gasteiger partial charge is 0.247 e. The van der Waals surface area contributed by atoms with E-state index >= 15 is 0 Å². The number of aromatic hydroxyl groups is 2. The van der Waals surface area contributed by atoms with Crippen molar-refractivity contribution in [2.24, 2.45) is 0 Å². The van der Waals surface area contributed by atoms with Gasteiger partial charge in [0.25, 0.3) is 0 Å². The van der Waals surface area contributed by atoms with E-state index in [0.717, 1.165) is 16.4 Å². The predicted octanol–water partition coefficient (Wildman–Crippen LogP) is 6.72. The normalized spacial score (nSPS) is 12.1. The van der Waals surface area contributed by atoms with Crippen molar-refractivity contribution in [1.29, 1.82) is 0 Å². The zero-order valence-corrected chi connectivity index (χ0v) is 25.9. The molecule has 0 spiro atoms. The lowest BCUT2D eigenvalue weighted by Gasteiger charge is -2.24. The molecule has 0 saturated heterocycles. The summed E-state index contributed by atoms with van der Waals surface area (Å²) in [5.41, 5.74) is 1.37. The van der Waals surface area contributed by atoms with Crippen LogP contribution in [0.3, 0.4) is 0 Å². The Morgan fingerprint density at radius 2 is 1.21 bits per heavy atom. The summed E-state index contributed by atoms with van der Waals surface area (Å²) >= 11 is 23.8. The minimum Gasteiger partial charge on any atom is -0.505 e. The molecule has 0 aromatic heterocycles. The summed E-state index contributed by atoms with van der Waals surface area (Å²) < 4.78 is 70.1. The van der Waals surface area contributed by atoms with Crippen LogP contribution in [0.4, 0.5) is 4.39 Å². The molecule has 0 saturated carbocycles. The second kappa shape index (κ2) is 12.9. The first kappa shape index (κ1) is 32.3. The molecular weight excluding hydrogens is 673 g/mol. The lowest BCUT2D eigenvalue weighted by Crippen LogP contribution is -2.30. The van der Waals surface area contributed by atoms with Crippen molar-refractivity contribution in [1.82, 2.24) is 9.03 Å². The van der Waals surface area contributed by atoms with Gasteiger partial charge in [-0.05, 0) is 53.1 Å². The minimum atomic E-state index is -4.42. The third-order valence-corrected chi connectivity index (χ3v) is 10.2. The zero-order chi connectivity index (χ0) is 30.8. The molecule has 0 aliphatic rings. The number of rotatable bonds is 10. The van der Waals surface area contributed by atoms with Crippen LogP contribution in [0.1, 0.15) is 16.7 Å². The van der Waals surface area contributed by atoms with Crippen LogP contribution < -0.4 is 4.72 Å². The second-order valence-corrected chi connectivity index (χ2v) is 14.3. The van der Waals surface area contributed by atoms with E-state index in [4.69, 9.17) is 46.4 Å². The Bertz CT molecular complexity index is 1860. The number of hydrogen-bond acceptors (Lipinski definition) is 6. The molecule has 4 aromatic rings. The number of sulfonamides is 2. The van der Waals surface area contributed by atoms with E-state index in [0.29, 0.717) is 16.7 Å². The summed E-state index contributed by atoms with van der Waals surface area (Å²) in [6, 6.07) is 16.1. The molecule has 0 atom stereocenters. The van der Waals surface area contributed by atoms with Gasteiger partial charge in [-0.2, -0.15) is 4.31 Å². The van der Waals surface area contributed by atoms with E-state index in [9.17, 15) is 31.4 Å². The highest BCUT2D eigenvalue weighted by molar-refractivity contribution is 7.89. The number of nitrogens with zero attached hydrogens (tertiary/aromatic N) is 1. The fourth-order valence-corrected chi connectivity index (χ4v) is 7.88. The summed E-state index contributed by atoms with van der Waals surface area (Å²) in [5.74, 6) is -1.85. The van der Waals surface area contributed by atoms with Gasteiger partial charge < -0.3 is 10.2 Å². The third kappa shape index (κ3) is 7.47. The number of phenols is 2. The van der Waals surface area contributed by atoms with E-state index < -0.39 is 47.2 Å². The first-order valence-electron chi connectivity index (χ1n) is 11.9. The Labute approximate surface area is 261 Å². The number of benzene rings is 4. The Kier molecular flexibility index (Phi) is 9.96. The van der Waals surface area contributed by atoms with Crippen LogP contribution in [0, 0.1) is 5.82 Å². The highest BCUT2D eigenvalue weighted by Crippen LogP contribution is 2.37. The quantitative estimate of drug-likeness (QED) is 0.169. The molecule has 0 radical (unpaired) electrons. The molecule has 15 heteroatoms. The van der Waals surface area contributed by atoms with Gasteiger partial charge in [-0.3, -0.25) is 0 Å². The first-order valence-corrected chi connectivity index (χ1v) is 16.3. The Morgan fingerprint density at radius 3 is 1.83 bits per heavy atom. The average molecular weight is 694 g/mol. The Balaban J connectivity index is 1.64. The fraction of sp³-hybridized carbons (Fsp3) is 0.111. The summed E-state index contributed by atoms with van der Waals surface area (Å²) in [6.45, 7) is -0.665. The molecule has 8 nitrogen and oxygen atoms in total. The molecule has 3 N–H and O–H groups in total. The molecule has 0 bridgehead atoms. The number of phenolic OH excluding ortho intramolecular Hbond substituents is 2. The SMILES string of the molecule is O=S(=O)(NCc1cccc(CN(Cc2ccc(F)cc2)S(=O)(=O)c2cc(Cl)cc(Cl)c2O)c1)c1cc(Cl)cc(Cl)c1O. The number of nitrogens with one attached hydrogen (secondary N) is 1. The summed E-state index contributed by atoms with van der Waals surface area (Å²) in [6.07, 6.45) is 0. The highest BCUT2D eigenvalue weighted by Gasteiger charge is 2.30. The predicted molar refractivity (Wildman–Crippen MR) is 160 cm³/mol. The van der Waals surface area contributed by atoms with Crippen LogP contribution in [0.5, 0.6) is 11.5 Å². The van der Waals surface area contributed by atoms with E-state index in [1.807, 2.05) is 0 Å². The Morgan fingerprint density at radius 1 is 0.690 bits per heavy atom. The third-order valence-electron chi connectivity index (χ3n) is 5.98. The van der Waals surface area contributed by atoms with Gasteiger partial charge in [0, 0.05) is 29.7 Å². The lowest BCUT2D eigenvalue weighted by molar-refractivity contribution is 0.394. The number of halogens is 5. The van der Waals surface area contributed by atoms with Crippen LogP contribution in [0.25, 0.3) is 0 Å². The second-order valence-electron chi connectivity index (χ2n) is 9.01. The van der Waals surface area contributed by atoms with Gasteiger partial charge in [0.05, 0.1) is 10.0 Å². The van der Waals surface area contributed by atoms with Gasteiger partial charge in [0.1, 0.15) is 15.6 Å². The van der Waals surface area contributed by atoms with Crippen molar-refractivity contribution in [2.45, 2.75) is 29.4 Å². The topological polar surface area (TPSA) is 124 Å².